The predicted octanol–water partition coefficient (Wildman–Crippen LogP) is 1.75. The van der Waals surface area contributed by atoms with Crippen LogP contribution in [0.2, 0.25) is 0 Å². The van der Waals surface area contributed by atoms with Crippen molar-refractivity contribution in [1.82, 2.24) is 0 Å². The Morgan fingerprint density at radius 1 is 1.42 bits per heavy atom. The zero-order chi connectivity index (χ0) is 8.72. The third kappa shape index (κ3) is 1.38. The molecule has 1 aromatic carbocycles. The first kappa shape index (κ1) is 8.83. The van der Waals surface area contributed by atoms with Crippen molar-refractivity contribution < 1.29 is 3.20 Å². The summed E-state index contributed by atoms with van der Waals surface area (Å²) in [5, 5.41) is 0. The molecule has 0 saturated carbocycles. The van der Waals surface area contributed by atoms with Crippen molar-refractivity contribution in [1.29, 1.82) is 0 Å². The molecular formula is C8H9BrNOTe+. The molecule has 2 rings (SSSR count). The molecule has 1 aliphatic rings. The SMILES string of the molecule is Cc1cc(C)c2c(c1)[Te+](Br)ON2. The predicted molar refractivity (Wildman–Crippen MR) is 54.9 cm³/mol. The number of fused-ring (bicyclic) bond motifs is 1. The maximum absolute atomic E-state index is 5.40. The van der Waals surface area contributed by atoms with Gasteiger partial charge in [-0.2, -0.15) is 0 Å². The summed E-state index contributed by atoms with van der Waals surface area (Å²) in [5.41, 5.74) is 6.73. The molecule has 2 nitrogen and oxygen atoms in total. The molecule has 0 atom stereocenters. The standard InChI is InChI=1S/C8H9BrNOTe/c1-5-3-6(2)8-7(4-5)12(9)11-10-8/h3-4,10H,1-2H3/q+1. The van der Waals surface area contributed by atoms with Gasteiger partial charge >= 0.3 is 85.6 Å². The average molecular weight is 343 g/mol. The first-order valence-corrected chi connectivity index (χ1v) is 11.0. The van der Waals surface area contributed by atoms with E-state index in [4.69, 9.17) is 3.20 Å². The van der Waals surface area contributed by atoms with Gasteiger partial charge in [-0.1, -0.05) is 0 Å². The molecule has 1 N–H and O–H groups in total. The van der Waals surface area contributed by atoms with Gasteiger partial charge in [0.1, 0.15) is 0 Å². The second-order valence-electron chi connectivity index (χ2n) is 2.86. The van der Waals surface area contributed by atoms with Gasteiger partial charge in [0.15, 0.2) is 0 Å². The number of hydrogen-bond donors (Lipinski definition) is 1. The molecule has 0 spiro atoms. The van der Waals surface area contributed by atoms with Gasteiger partial charge in [0.25, 0.3) is 0 Å². The molecule has 1 aliphatic heterocycles. The van der Waals surface area contributed by atoms with E-state index in [1.165, 1.54) is 20.4 Å². The molecule has 0 aromatic heterocycles. The first-order valence-electron chi connectivity index (χ1n) is 3.63. The van der Waals surface area contributed by atoms with Crippen molar-refractivity contribution in [3.63, 3.8) is 0 Å². The monoisotopic (exact) mass is 344 g/mol. The van der Waals surface area contributed by atoms with Crippen LogP contribution in [0.5, 0.6) is 0 Å². The van der Waals surface area contributed by atoms with Crippen molar-refractivity contribution in [3.8, 4) is 0 Å². The van der Waals surface area contributed by atoms with Crippen LogP contribution in [0.4, 0.5) is 5.69 Å². The molecule has 0 bridgehead atoms. The molecule has 1 heterocycles. The number of rotatable bonds is 0. The number of halogens is 1. The van der Waals surface area contributed by atoms with Gasteiger partial charge in [-0.15, -0.1) is 0 Å². The van der Waals surface area contributed by atoms with Crippen molar-refractivity contribution in [2.75, 3.05) is 5.48 Å². The van der Waals surface area contributed by atoms with E-state index in [0.717, 1.165) is 0 Å². The van der Waals surface area contributed by atoms with E-state index in [1.54, 1.807) is 0 Å². The van der Waals surface area contributed by atoms with Crippen LogP contribution < -0.4 is 9.09 Å². The van der Waals surface area contributed by atoms with Crippen LogP contribution in [0.3, 0.4) is 0 Å². The quantitative estimate of drug-likeness (QED) is 0.725. The van der Waals surface area contributed by atoms with Crippen molar-refractivity contribution >= 4 is 39.8 Å². The Bertz CT molecular complexity index is 329. The fourth-order valence-corrected chi connectivity index (χ4v) is 6.00. The first-order chi connectivity index (χ1) is 5.68. The van der Waals surface area contributed by atoms with E-state index in [1.807, 2.05) is 0 Å². The Kier molecular flexibility index (Phi) is 2.35. The van der Waals surface area contributed by atoms with Gasteiger partial charge in [0.05, 0.1) is 0 Å². The fourth-order valence-electron chi connectivity index (χ4n) is 1.31. The molecule has 4 heteroatoms. The Morgan fingerprint density at radius 3 is 2.92 bits per heavy atom. The van der Waals surface area contributed by atoms with Gasteiger partial charge in [-0.25, -0.2) is 0 Å². The van der Waals surface area contributed by atoms with Crippen molar-refractivity contribution in [3.05, 3.63) is 23.3 Å². The number of hydrogen-bond acceptors (Lipinski definition) is 2. The molecule has 0 saturated heterocycles. The molecule has 0 radical (unpaired) electrons. The zero-order valence-corrected chi connectivity index (χ0v) is 10.8. The van der Waals surface area contributed by atoms with Crippen LogP contribution in [0.25, 0.3) is 0 Å². The molecule has 12 heavy (non-hydrogen) atoms. The topological polar surface area (TPSA) is 21.3 Å². The van der Waals surface area contributed by atoms with Crippen LogP contribution in [0, 0.1) is 13.8 Å². The third-order valence-corrected chi connectivity index (χ3v) is 7.62. The summed E-state index contributed by atoms with van der Waals surface area (Å²) < 4.78 is 6.75. The minimum absolute atomic E-state index is 1.18. The van der Waals surface area contributed by atoms with Crippen LogP contribution >= 0.6 is 12.8 Å². The van der Waals surface area contributed by atoms with Crippen LogP contribution in [0.15, 0.2) is 12.1 Å². The summed E-state index contributed by atoms with van der Waals surface area (Å²) in [5.74, 6) is 0. The van der Waals surface area contributed by atoms with Gasteiger partial charge in [0.2, 0.25) is 0 Å². The molecule has 0 unspecified atom stereocenters. The summed E-state index contributed by atoms with van der Waals surface area (Å²) in [6.45, 7) is 4.22. The summed E-state index contributed by atoms with van der Waals surface area (Å²) in [6, 6.07) is 4.37. The summed E-state index contributed by atoms with van der Waals surface area (Å²) in [7, 11) is 0. The molecule has 0 aliphatic carbocycles. The summed E-state index contributed by atoms with van der Waals surface area (Å²) >= 11 is 2.00. The molecule has 0 fully saturated rings. The van der Waals surface area contributed by atoms with Gasteiger partial charge in [-0.3, -0.25) is 0 Å². The van der Waals surface area contributed by atoms with E-state index in [-0.39, 0.29) is 0 Å². The van der Waals surface area contributed by atoms with Crippen molar-refractivity contribution in [2.24, 2.45) is 0 Å². The Balaban J connectivity index is 2.60. The Morgan fingerprint density at radius 2 is 2.17 bits per heavy atom. The zero-order valence-electron chi connectivity index (χ0n) is 6.85. The number of anilines is 1. The Labute approximate surface area is 85.2 Å². The normalized spacial score (nSPS) is 15.9. The second kappa shape index (κ2) is 3.19. The van der Waals surface area contributed by atoms with E-state index in [9.17, 15) is 0 Å². The Hall–Kier alpha value is 0.250. The molecular weight excluding hydrogens is 334 g/mol. The van der Waals surface area contributed by atoms with Gasteiger partial charge < -0.3 is 0 Å². The van der Waals surface area contributed by atoms with E-state index >= 15 is 0 Å². The molecule has 0 amide bonds. The van der Waals surface area contributed by atoms with Crippen molar-refractivity contribution in [2.45, 2.75) is 13.8 Å². The summed E-state index contributed by atoms with van der Waals surface area (Å²) in [6.07, 6.45) is 0. The molecule has 64 valence electrons. The van der Waals surface area contributed by atoms with Crippen LogP contribution in [-0.4, -0.2) is 17.8 Å². The van der Waals surface area contributed by atoms with Crippen LogP contribution in [-0.2, 0) is 3.20 Å². The van der Waals surface area contributed by atoms with E-state index < -0.39 is 17.8 Å². The summed E-state index contributed by atoms with van der Waals surface area (Å²) in [4.78, 5) is 0. The van der Waals surface area contributed by atoms with Crippen LogP contribution in [0.1, 0.15) is 11.1 Å². The van der Waals surface area contributed by atoms with Gasteiger partial charge in [-0.05, 0) is 0 Å². The van der Waals surface area contributed by atoms with E-state index in [0.29, 0.717) is 0 Å². The fraction of sp³-hybridized carbons (Fsp3) is 0.250. The number of nitrogens with one attached hydrogen (secondary N) is 1. The second-order valence-corrected chi connectivity index (χ2v) is 9.82. The molecule has 1 aromatic rings. The van der Waals surface area contributed by atoms with Gasteiger partial charge in [0, 0.05) is 0 Å². The minimum atomic E-state index is -1.59. The maximum atomic E-state index is 5.40. The third-order valence-electron chi connectivity index (χ3n) is 1.83. The average Bonchev–Trinajstić information content (AvgIpc) is 2.33. The van der Waals surface area contributed by atoms with E-state index in [2.05, 4.69) is 44.2 Å². The number of benzene rings is 1. The number of aryl methyl sites for hydroxylation is 2.